The number of aryl methyl sites for hydroxylation is 1. The molecule has 1 aromatic heterocycles. The monoisotopic (exact) mass is 280 g/mol. The molecule has 1 atom stereocenters. The first-order chi connectivity index (χ1) is 9.34. The summed E-state index contributed by atoms with van der Waals surface area (Å²) in [7, 11) is 2.19. The molecule has 0 radical (unpaired) electrons. The molecule has 0 bridgehead atoms. The van der Waals surface area contributed by atoms with E-state index in [-0.39, 0.29) is 0 Å². The van der Waals surface area contributed by atoms with E-state index in [1.165, 1.54) is 18.4 Å². The van der Waals surface area contributed by atoms with E-state index < -0.39 is 0 Å². The van der Waals surface area contributed by atoms with Gasteiger partial charge in [-0.15, -0.1) is 0 Å². The molecule has 0 aromatic carbocycles. The van der Waals surface area contributed by atoms with Crippen LogP contribution in [0.1, 0.15) is 51.9 Å². The molecule has 0 spiro atoms. The molecule has 0 aliphatic rings. The van der Waals surface area contributed by atoms with Gasteiger partial charge in [0.05, 0.1) is 6.26 Å². The van der Waals surface area contributed by atoms with Gasteiger partial charge in [0.15, 0.2) is 0 Å². The Morgan fingerprint density at radius 3 is 2.55 bits per heavy atom. The standard InChI is InChI=1S/C17H32N2O/c1-7-10-18-16(17(3,4)5)8-11-19(6)13-15-9-12-20-14(15)2/h9,12,16,18H,7-8,10-11,13H2,1-6H3. The minimum Gasteiger partial charge on any atom is -0.469 e. The van der Waals surface area contributed by atoms with E-state index in [0.717, 1.165) is 25.4 Å². The number of nitrogens with one attached hydrogen (secondary N) is 1. The van der Waals surface area contributed by atoms with Crippen molar-refractivity contribution in [1.82, 2.24) is 10.2 Å². The van der Waals surface area contributed by atoms with Gasteiger partial charge in [-0.25, -0.2) is 0 Å². The minimum atomic E-state index is 0.307. The van der Waals surface area contributed by atoms with Crippen LogP contribution in [0, 0.1) is 12.3 Å². The molecule has 20 heavy (non-hydrogen) atoms. The summed E-state index contributed by atoms with van der Waals surface area (Å²) in [4.78, 5) is 2.38. The summed E-state index contributed by atoms with van der Waals surface area (Å²) in [6, 6.07) is 2.64. The maximum atomic E-state index is 5.36. The lowest BCUT2D eigenvalue weighted by Gasteiger charge is -2.33. The van der Waals surface area contributed by atoms with Crippen LogP contribution in [0.4, 0.5) is 0 Å². The summed E-state index contributed by atoms with van der Waals surface area (Å²) in [5.41, 5.74) is 1.60. The molecule has 0 saturated heterocycles. The first kappa shape index (κ1) is 17.3. The fourth-order valence-corrected chi connectivity index (χ4v) is 2.45. The van der Waals surface area contributed by atoms with Crippen molar-refractivity contribution in [2.45, 2.75) is 60.0 Å². The summed E-state index contributed by atoms with van der Waals surface area (Å²) in [6.45, 7) is 14.4. The van der Waals surface area contributed by atoms with E-state index >= 15 is 0 Å². The molecular weight excluding hydrogens is 248 g/mol. The molecule has 0 aliphatic carbocycles. The van der Waals surface area contributed by atoms with Crippen molar-refractivity contribution in [3.05, 3.63) is 23.7 Å². The molecule has 1 aromatic rings. The van der Waals surface area contributed by atoms with Gasteiger partial charge < -0.3 is 14.6 Å². The molecule has 0 fully saturated rings. The van der Waals surface area contributed by atoms with Gasteiger partial charge in [0.25, 0.3) is 0 Å². The fourth-order valence-electron chi connectivity index (χ4n) is 2.45. The van der Waals surface area contributed by atoms with Gasteiger partial charge in [0, 0.05) is 18.2 Å². The Hall–Kier alpha value is -0.800. The normalized spacial score (nSPS) is 13.9. The van der Waals surface area contributed by atoms with Crippen molar-refractivity contribution in [3.63, 3.8) is 0 Å². The van der Waals surface area contributed by atoms with E-state index in [4.69, 9.17) is 4.42 Å². The average Bonchev–Trinajstić information content (AvgIpc) is 2.73. The zero-order valence-electron chi connectivity index (χ0n) is 14.1. The van der Waals surface area contributed by atoms with Crippen LogP contribution in [0.2, 0.25) is 0 Å². The van der Waals surface area contributed by atoms with E-state index in [1.807, 2.05) is 6.92 Å². The van der Waals surface area contributed by atoms with Gasteiger partial charge in [0.1, 0.15) is 5.76 Å². The van der Waals surface area contributed by atoms with Crippen molar-refractivity contribution in [3.8, 4) is 0 Å². The molecule has 3 heteroatoms. The zero-order chi connectivity index (χ0) is 15.2. The van der Waals surface area contributed by atoms with Gasteiger partial charge >= 0.3 is 0 Å². The second-order valence-electron chi connectivity index (χ2n) is 6.90. The van der Waals surface area contributed by atoms with Crippen LogP contribution in [-0.2, 0) is 6.54 Å². The van der Waals surface area contributed by atoms with Gasteiger partial charge in [0.2, 0.25) is 0 Å². The lowest BCUT2D eigenvalue weighted by Crippen LogP contribution is -2.42. The third-order valence-corrected chi connectivity index (χ3v) is 3.89. The largest absolute Gasteiger partial charge is 0.469 e. The minimum absolute atomic E-state index is 0.307. The summed E-state index contributed by atoms with van der Waals surface area (Å²) >= 11 is 0. The lowest BCUT2D eigenvalue weighted by atomic mass is 9.84. The molecule has 1 rings (SSSR count). The predicted octanol–water partition coefficient (Wildman–Crippen LogP) is 3.82. The average molecular weight is 280 g/mol. The molecule has 0 amide bonds. The quantitative estimate of drug-likeness (QED) is 0.784. The van der Waals surface area contributed by atoms with Crippen LogP contribution in [0.15, 0.2) is 16.7 Å². The summed E-state index contributed by atoms with van der Waals surface area (Å²) < 4.78 is 5.36. The second kappa shape index (κ2) is 7.84. The molecule has 3 nitrogen and oxygen atoms in total. The summed E-state index contributed by atoms with van der Waals surface area (Å²) in [5.74, 6) is 1.04. The molecule has 0 aliphatic heterocycles. The smallest absolute Gasteiger partial charge is 0.105 e. The summed E-state index contributed by atoms with van der Waals surface area (Å²) in [6.07, 6.45) is 4.15. The number of hydrogen-bond donors (Lipinski definition) is 1. The van der Waals surface area contributed by atoms with Gasteiger partial charge in [-0.3, -0.25) is 0 Å². The molecule has 116 valence electrons. The van der Waals surface area contributed by atoms with Crippen LogP contribution >= 0.6 is 0 Å². The highest BCUT2D eigenvalue weighted by molar-refractivity contribution is 5.14. The van der Waals surface area contributed by atoms with Gasteiger partial charge in [-0.2, -0.15) is 0 Å². The van der Waals surface area contributed by atoms with Crippen molar-refractivity contribution in [1.29, 1.82) is 0 Å². The first-order valence-electron chi connectivity index (χ1n) is 7.79. The Kier molecular flexibility index (Phi) is 6.77. The maximum Gasteiger partial charge on any atom is 0.105 e. The second-order valence-corrected chi connectivity index (χ2v) is 6.90. The van der Waals surface area contributed by atoms with E-state index in [2.05, 4.69) is 51.0 Å². The van der Waals surface area contributed by atoms with Gasteiger partial charge in [-0.1, -0.05) is 27.7 Å². The van der Waals surface area contributed by atoms with Crippen LogP contribution < -0.4 is 5.32 Å². The highest BCUT2D eigenvalue weighted by atomic mass is 16.3. The Labute approximate surface area is 124 Å². The Morgan fingerprint density at radius 2 is 2.05 bits per heavy atom. The highest BCUT2D eigenvalue weighted by Gasteiger charge is 2.23. The number of hydrogen-bond acceptors (Lipinski definition) is 3. The van der Waals surface area contributed by atoms with E-state index in [0.29, 0.717) is 11.5 Å². The van der Waals surface area contributed by atoms with Crippen LogP contribution in [-0.4, -0.2) is 31.1 Å². The zero-order valence-corrected chi connectivity index (χ0v) is 14.1. The number of rotatable bonds is 8. The van der Waals surface area contributed by atoms with Crippen molar-refractivity contribution < 1.29 is 4.42 Å². The Bertz CT molecular complexity index is 379. The molecule has 1 heterocycles. The first-order valence-corrected chi connectivity index (χ1v) is 7.79. The summed E-state index contributed by atoms with van der Waals surface area (Å²) in [5, 5.41) is 3.69. The van der Waals surface area contributed by atoms with Gasteiger partial charge in [-0.05, 0) is 51.4 Å². The van der Waals surface area contributed by atoms with Crippen LogP contribution in [0.3, 0.4) is 0 Å². The third-order valence-electron chi connectivity index (χ3n) is 3.89. The molecule has 0 saturated carbocycles. The predicted molar refractivity (Wildman–Crippen MR) is 85.9 cm³/mol. The molecular formula is C17H32N2O. The van der Waals surface area contributed by atoms with E-state index in [1.54, 1.807) is 6.26 Å². The van der Waals surface area contributed by atoms with Crippen molar-refractivity contribution in [2.24, 2.45) is 5.41 Å². The van der Waals surface area contributed by atoms with Crippen LogP contribution in [0.5, 0.6) is 0 Å². The Balaban J connectivity index is 2.44. The molecule has 1 N–H and O–H groups in total. The highest BCUT2D eigenvalue weighted by Crippen LogP contribution is 2.22. The van der Waals surface area contributed by atoms with E-state index in [9.17, 15) is 0 Å². The maximum absolute atomic E-state index is 5.36. The van der Waals surface area contributed by atoms with Crippen molar-refractivity contribution >= 4 is 0 Å². The third kappa shape index (κ3) is 5.68. The van der Waals surface area contributed by atoms with Crippen molar-refractivity contribution in [2.75, 3.05) is 20.1 Å². The molecule has 1 unspecified atom stereocenters. The lowest BCUT2D eigenvalue weighted by molar-refractivity contribution is 0.218. The number of nitrogens with zero attached hydrogens (tertiary/aromatic N) is 1. The van der Waals surface area contributed by atoms with Crippen LogP contribution in [0.25, 0.3) is 0 Å². The SMILES string of the molecule is CCCNC(CCN(C)Cc1ccoc1C)C(C)(C)C. The topological polar surface area (TPSA) is 28.4 Å². The number of furan rings is 1. The Morgan fingerprint density at radius 1 is 1.35 bits per heavy atom. The fraction of sp³-hybridized carbons (Fsp3) is 0.765.